The summed E-state index contributed by atoms with van der Waals surface area (Å²) in [5.74, 6) is 0.530. The van der Waals surface area contributed by atoms with Gasteiger partial charge in [0.15, 0.2) is 9.84 Å². The van der Waals surface area contributed by atoms with Gasteiger partial charge in [0.25, 0.3) is 11.8 Å². The van der Waals surface area contributed by atoms with Gasteiger partial charge in [-0.3, -0.25) is 14.6 Å². The van der Waals surface area contributed by atoms with Gasteiger partial charge in [0.1, 0.15) is 17.2 Å². The first-order valence-electron chi connectivity index (χ1n) is 10.8. The monoisotopic (exact) mass is 479 g/mol. The SMILES string of the molecule is CNC(=O)c1cc(Oc2ccc3c(c2)CC(NC(=O)c2cccc(S(C)(=O)=O)c2)CC3)ccn1. The third-order valence-electron chi connectivity index (χ3n) is 5.69. The van der Waals surface area contributed by atoms with E-state index in [1.807, 2.05) is 18.2 Å². The lowest BCUT2D eigenvalue weighted by molar-refractivity contribution is 0.0931. The first-order chi connectivity index (χ1) is 16.2. The number of hydrogen-bond acceptors (Lipinski definition) is 6. The maximum Gasteiger partial charge on any atom is 0.269 e. The smallest absolute Gasteiger partial charge is 0.269 e. The van der Waals surface area contributed by atoms with Gasteiger partial charge in [-0.15, -0.1) is 0 Å². The second-order valence-electron chi connectivity index (χ2n) is 8.20. The molecule has 2 aromatic carbocycles. The molecular weight excluding hydrogens is 454 g/mol. The molecule has 2 N–H and O–H groups in total. The summed E-state index contributed by atoms with van der Waals surface area (Å²) in [4.78, 5) is 28.7. The van der Waals surface area contributed by atoms with E-state index in [4.69, 9.17) is 4.74 Å². The van der Waals surface area contributed by atoms with E-state index in [2.05, 4.69) is 15.6 Å². The van der Waals surface area contributed by atoms with E-state index in [0.29, 0.717) is 23.5 Å². The Labute approximate surface area is 198 Å². The zero-order chi connectivity index (χ0) is 24.3. The molecule has 0 fully saturated rings. The summed E-state index contributed by atoms with van der Waals surface area (Å²) < 4.78 is 29.5. The van der Waals surface area contributed by atoms with E-state index in [9.17, 15) is 18.0 Å². The summed E-state index contributed by atoms with van der Waals surface area (Å²) in [7, 11) is -1.85. The molecule has 2 amide bonds. The van der Waals surface area contributed by atoms with Crippen LogP contribution in [0.2, 0.25) is 0 Å². The predicted octanol–water partition coefficient (Wildman–Crippen LogP) is 2.92. The number of fused-ring (bicyclic) bond motifs is 1. The van der Waals surface area contributed by atoms with Gasteiger partial charge in [-0.05, 0) is 66.8 Å². The molecule has 0 saturated heterocycles. The quantitative estimate of drug-likeness (QED) is 0.562. The molecule has 8 nitrogen and oxygen atoms in total. The van der Waals surface area contributed by atoms with E-state index < -0.39 is 9.84 Å². The fraction of sp³-hybridized carbons (Fsp3) is 0.240. The highest BCUT2D eigenvalue weighted by Crippen LogP contribution is 2.29. The minimum absolute atomic E-state index is 0.0853. The maximum absolute atomic E-state index is 12.8. The van der Waals surface area contributed by atoms with E-state index in [0.717, 1.165) is 24.7 Å². The number of sulfone groups is 1. The zero-order valence-corrected chi connectivity index (χ0v) is 19.7. The second-order valence-corrected chi connectivity index (χ2v) is 10.2. The summed E-state index contributed by atoms with van der Waals surface area (Å²) >= 11 is 0. The first-order valence-corrected chi connectivity index (χ1v) is 12.7. The molecule has 9 heteroatoms. The first kappa shape index (κ1) is 23.4. The van der Waals surface area contributed by atoms with Gasteiger partial charge < -0.3 is 15.4 Å². The number of aromatic nitrogens is 1. The van der Waals surface area contributed by atoms with E-state index in [-0.39, 0.29) is 28.4 Å². The van der Waals surface area contributed by atoms with E-state index in [1.54, 1.807) is 31.3 Å². The van der Waals surface area contributed by atoms with Gasteiger partial charge >= 0.3 is 0 Å². The summed E-state index contributed by atoms with van der Waals surface area (Å²) in [5, 5.41) is 5.56. The summed E-state index contributed by atoms with van der Waals surface area (Å²) in [6.45, 7) is 0. The van der Waals surface area contributed by atoms with Crippen molar-refractivity contribution >= 4 is 21.7 Å². The minimum Gasteiger partial charge on any atom is -0.457 e. The molecule has 1 heterocycles. The van der Waals surface area contributed by atoms with Crippen LogP contribution in [0.25, 0.3) is 0 Å². The van der Waals surface area contributed by atoms with Crippen molar-refractivity contribution in [3.05, 3.63) is 83.2 Å². The van der Waals surface area contributed by atoms with Crippen molar-refractivity contribution in [3.8, 4) is 11.5 Å². The van der Waals surface area contributed by atoms with Crippen LogP contribution < -0.4 is 15.4 Å². The number of ether oxygens (including phenoxy) is 1. The van der Waals surface area contributed by atoms with Crippen molar-refractivity contribution in [2.45, 2.75) is 30.2 Å². The Kier molecular flexibility index (Phi) is 6.65. The van der Waals surface area contributed by atoms with Crippen molar-refractivity contribution in [1.29, 1.82) is 0 Å². The fourth-order valence-corrected chi connectivity index (χ4v) is 4.59. The number of pyridine rings is 1. The topological polar surface area (TPSA) is 114 Å². The van der Waals surface area contributed by atoms with Crippen molar-refractivity contribution in [1.82, 2.24) is 15.6 Å². The number of carbonyl (C=O) groups is 2. The van der Waals surface area contributed by atoms with Crippen LogP contribution in [-0.4, -0.2) is 44.6 Å². The molecule has 1 unspecified atom stereocenters. The number of aryl methyl sites for hydroxylation is 1. The fourth-order valence-electron chi connectivity index (χ4n) is 3.92. The number of rotatable bonds is 6. The van der Waals surface area contributed by atoms with Crippen LogP contribution in [0.4, 0.5) is 0 Å². The highest BCUT2D eigenvalue weighted by atomic mass is 32.2. The molecule has 0 bridgehead atoms. The van der Waals surface area contributed by atoms with Crippen molar-refractivity contribution in [3.63, 3.8) is 0 Å². The van der Waals surface area contributed by atoms with Crippen LogP contribution in [0.5, 0.6) is 11.5 Å². The molecule has 176 valence electrons. The van der Waals surface area contributed by atoms with Gasteiger partial charge in [0.05, 0.1) is 4.90 Å². The van der Waals surface area contributed by atoms with Crippen LogP contribution in [-0.2, 0) is 22.7 Å². The Morgan fingerprint density at radius 3 is 2.56 bits per heavy atom. The Morgan fingerprint density at radius 1 is 1.00 bits per heavy atom. The molecule has 3 aromatic rings. The normalized spacial score (nSPS) is 15.2. The number of hydrogen-bond donors (Lipinski definition) is 2. The summed E-state index contributed by atoms with van der Waals surface area (Å²) in [5.41, 5.74) is 2.84. The number of nitrogens with one attached hydrogen (secondary N) is 2. The maximum atomic E-state index is 12.8. The molecule has 1 aromatic heterocycles. The molecule has 4 rings (SSSR count). The zero-order valence-electron chi connectivity index (χ0n) is 18.9. The summed E-state index contributed by atoms with van der Waals surface area (Å²) in [6, 6.07) is 15.1. The Morgan fingerprint density at radius 2 is 1.79 bits per heavy atom. The number of nitrogens with zero attached hydrogens (tertiary/aromatic N) is 1. The highest BCUT2D eigenvalue weighted by Gasteiger charge is 2.22. The van der Waals surface area contributed by atoms with Gasteiger partial charge in [-0.1, -0.05) is 12.1 Å². The average molecular weight is 480 g/mol. The molecule has 0 spiro atoms. The van der Waals surface area contributed by atoms with Gasteiger partial charge in [-0.25, -0.2) is 8.42 Å². The van der Waals surface area contributed by atoms with Crippen molar-refractivity contribution in [2.75, 3.05) is 13.3 Å². The molecule has 1 aliphatic carbocycles. The standard InChI is InChI=1S/C25H25N3O5S/c1-26-25(30)23-15-21(10-11-27-23)33-20-9-7-16-6-8-19(12-18(16)13-20)28-24(29)17-4-3-5-22(14-17)34(2,31)32/h3-5,7,9-11,13-15,19H,6,8,12H2,1-2H3,(H,26,30)(H,28,29). The predicted molar refractivity (Wildman–Crippen MR) is 127 cm³/mol. The molecular formula is C25H25N3O5S. The Balaban J connectivity index is 1.46. The number of carbonyl (C=O) groups excluding carboxylic acids is 2. The highest BCUT2D eigenvalue weighted by molar-refractivity contribution is 7.90. The largest absolute Gasteiger partial charge is 0.457 e. The lowest BCUT2D eigenvalue weighted by Gasteiger charge is -2.26. The van der Waals surface area contributed by atoms with Crippen LogP contribution in [0.1, 0.15) is 38.4 Å². The Bertz CT molecular complexity index is 1350. The minimum atomic E-state index is -3.39. The van der Waals surface area contributed by atoms with Crippen molar-refractivity contribution < 1.29 is 22.7 Å². The van der Waals surface area contributed by atoms with Gasteiger partial charge in [0.2, 0.25) is 0 Å². The molecule has 0 saturated carbocycles. The number of amides is 2. The molecule has 34 heavy (non-hydrogen) atoms. The van der Waals surface area contributed by atoms with Crippen LogP contribution in [0.15, 0.2) is 65.7 Å². The van der Waals surface area contributed by atoms with Crippen LogP contribution in [0, 0.1) is 0 Å². The van der Waals surface area contributed by atoms with Gasteiger partial charge in [-0.2, -0.15) is 0 Å². The lowest BCUT2D eigenvalue weighted by atomic mass is 9.88. The second kappa shape index (κ2) is 9.64. The third-order valence-corrected chi connectivity index (χ3v) is 6.80. The molecule has 0 aliphatic heterocycles. The van der Waals surface area contributed by atoms with E-state index >= 15 is 0 Å². The van der Waals surface area contributed by atoms with Crippen LogP contribution >= 0.6 is 0 Å². The van der Waals surface area contributed by atoms with Gasteiger partial charge in [0, 0.05) is 37.2 Å². The average Bonchev–Trinajstić information content (AvgIpc) is 2.83. The van der Waals surface area contributed by atoms with E-state index in [1.165, 1.54) is 23.9 Å². The number of benzene rings is 2. The molecule has 0 radical (unpaired) electrons. The third kappa shape index (κ3) is 5.43. The molecule has 1 aliphatic rings. The molecule has 1 atom stereocenters. The van der Waals surface area contributed by atoms with Crippen LogP contribution in [0.3, 0.4) is 0 Å². The summed E-state index contributed by atoms with van der Waals surface area (Å²) in [6.07, 6.45) is 4.85. The van der Waals surface area contributed by atoms with Crippen molar-refractivity contribution in [2.24, 2.45) is 0 Å². The Hall–Kier alpha value is -3.72. The lowest BCUT2D eigenvalue weighted by Crippen LogP contribution is -2.38.